The molecule has 0 N–H and O–H groups in total. The Morgan fingerprint density at radius 3 is 2.80 bits per heavy atom. The van der Waals surface area contributed by atoms with Gasteiger partial charge in [0.05, 0.1) is 0 Å². The van der Waals surface area contributed by atoms with Crippen LogP contribution in [0.2, 0.25) is 10.0 Å². The molecule has 0 saturated carbocycles. The molecule has 0 aliphatic rings. The summed E-state index contributed by atoms with van der Waals surface area (Å²) < 4.78 is 5.58. The fourth-order valence-corrected chi connectivity index (χ4v) is 2.14. The van der Waals surface area contributed by atoms with Gasteiger partial charge in [0.25, 0.3) is 0 Å². The van der Waals surface area contributed by atoms with Crippen molar-refractivity contribution in [3.63, 3.8) is 0 Å². The van der Waals surface area contributed by atoms with Crippen LogP contribution in [-0.2, 0) is 0 Å². The van der Waals surface area contributed by atoms with Gasteiger partial charge in [-0.25, -0.2) is 0 Å². The SMILES string of the molecule is C[C@@H](Oc1cccnc1[N+](=O)[O-])c1cc(Cl)ccc1Cl. The number of pyridine rings is 1. The van der Waals surface area contributed by atoms with Gasteiger partial charge >= 0.3 is 5.82 Å². The third kappa shape index (κ3) is 3.18. The number of rotatable bonds is 4. The molecule has 1 aromatic heterocycles. The largest absolute Gasteiger partial charge is 0.478 e. The number of nitro groups is 1. The first kappa shape index (κ1) is 14.6. The molecule has 2 rings (SSSR count). The first-order valence-corrected chi connectivity index (χ1v) is 6.45. The van der Waals surface area contributed by atoms with Gasteiger partial charge in [-0.2, -0.15) is 0 Å². The van der Waals surface area contributed by atoms with Gasteiger partial charge in [0.15, 0.2) is 0 Å². The topological polar surface area (TPSA) is 65.3 Å². The Kier molecular flexibility index (Phi) is 4.42. The maximum Gasteiger partial charge on any atom is 0.406 e. The summed E-state index contributed by atoms with van der Waals surface area (Å²) in [5.41, 5.74) is 0.650. The lowest BCUT2D eigenvalue weighted by atomic mass is 10.1. The van der Waals surface area contributed by atoms with Crippen LogP contribution in [0.4, 0.5) is 5.82 Å². The van der Waals surface area contributed by atoms with Crippen LogP contribution in [0.5, 0.6) is 5.75 Å². The Balaban J connectivity index is 2.30. The average Bonchev–Trinajstić information content (AvgIpc) is 2.41. The Morgan fingerprint density at radius 1 is 1.35 bits per heavy atom. The summed E-state index contributed by atoms with van der Waals surface area (Å²) in [5, 5.41) is 11.9. The Labute approximate surface area is 125 Å². The summed E-state index contributed by atoms with van der Waals surface area (Å²) in [6.07, 6.45) is 0.839. The number of ether oxygens (including phenoxy) is 1. The van der Waals surface area contributed by atoms with Crippen molar-refractivity contribution in [3.8, 4) is 5.75 Å². The molecule has 0 saturated heterocycles. The lowest BCUT2D eigenvalue weighted by Gasteiger charge is -2.16. The second kappa shape index (κ2) is 6.07. The van der Waals surface area contributed by atoms with E-state index in [1.54, 1.807) is 31.2 Å². The van der Waals surface area contributed by atoms with Gasteiger partial charge in [-0.15, -0.1) is 0 Å². The van der Waals surface area contributed by atoms with Crippen molar-refractivity contribution in [3.05, 3.63) is 62.3 Å². The van der Waals surface area contributed by atoms with E-state index in [4.69, 9.17) is 27.9 Å². The highest BCUT2D eigenvalue weighted by Gasteiger charge is 2.20. The van der Waals surface area contributed by atoms with Crippen LogP contribution in [-0.4, -0.2) is 9.91 Å². The maximum atomic E-state index is 10.9. The van der Waals surface area contributed by atoms with E-state index in [2.05, 4.69) is 4.98 Å². The van der Waals surface area contributed by atoms with Crippen molar-refractivity contribution in [2.45, 2.75) is 13.0 Å². The van der Waals surface area contributed by atoms with E-state index in [1.807, 2.05) is 0 Å². The van der Waals surface area contributed by atoms with Gasteiger partial charge in [0.1, 0.15) is 12.3 Å². The molecule has 0 unspecified atom stereocenters. The van der Waals surface area contributed by atoms with Crippen LogP contribution in [0.25, 0.3) is 0 Å². The smallest absolute Gasteiger partial charge is 0.406 e. The zero-order valence-corrected chi connectivity index (χ0v) is 11.9. The number of halogens is 2. The second-order valence-electron chi connectivity index (χ2n) is 4.01. The minimum absolute atomic E-state index is 0.0843. The molecule has 20 heavy (non-hydrogen) atoms. The van der Waals surface area contributed by atoms with Crippen molar-refractivity contribution in [2.75, 3.05) is 0 Å². The van der Waals surface area contributed by atoms with Crippen LogP contribution in [0.3, 0.4) is 0 Å². The Bertz CT molecular complexity index is 649. The first-order valence-electron chi connectivity index (χ1n) is 5.70. The number of nitrogens with zero attached hydrogens (tertiary/aromatic N) is 2. The number of hydrogen-bond donors (Lipinski definition) is 0. The highest BCUT2D eigenvalue weighted by Crippen LogP contribution is 2.32. The van der Waals surface area contributed by atoms with Gasteiger partial charge < -0.3 is 14.9 Å². The van der Waals surface area contributed by atoms with E-state index in [-0.39, 0.29) is 11.6 Å². The van der Waals surface area contributed by atoms with Crippen molar-refractivity contribution >= 4 is 29.0 Å². The van der Waals surface area contributed by atoms with E-state index >= 15 is 0 Å². The fourth-order valence-electron chi connectivity index (χ4n) is 1.69. The predicted octanol–water partition coefficient (Wildman–Crippen LogP) is 4.44. The van der Waals surface area contributed by atoms with Crippen LogP contribution < -0.4 is 4.74 Å². The van der Waals surface area contributed by atoms with E-state index in [0.29, 0.717) is 15.6 Å². The first-order chi connectivity index (χ1) is 9.49. The van der Waals surface area contributed by atoms with Gasteiger partial charge in [-0.1, -0.05) is 23.2 Å². The minimum atomic E-state index is -0.596. The summed E-state index contributed by atoms with van der Waals surface area (Å²) in [6.45, 7) is 1.73. The molecule has 0 bridgehead atoms. The highest BCUT2D eigenvalue weighted by atomic mass is 35.5. The molecule has 0 amide bonds. The molecule has 0 spiro atoms. The third-order valence-corrected chi connectivity index (χ3v) is 3.20. The second-order valence-corrected chi connectivity index (χ2v) is 4.85. The van der Waals surface area contributed by atoms with E-state index in [1.165, 1.54) is 12.3 Å². The molecule has 2 aromatic rings. The molecule has 0 fully saturated rings. The van der Waals surface area contributed by atoms with Crippen LogP contribution in [0, 0.1) is 10.1 Å². The molecule has 0 radical (unpaired) electrons. The van der Waals surface area contributed by atoms with Crippen molar-refractivity contribution in [1.82, 2.24) is 4.98 Å². The van der Waals surface area contributed by atoms with Crippen LogP contribution >= 0.6 is 23.2 Å². The maximum absolute atomic E-state index is 10.9. The van der Waals surface area contributed by atoms with Crippen LogP contribution in [0.1, 0.15) is 18.6 Å². The lowest BCUT2D eigenvalue weighted by Crippen LogP contribution is -2.06. The normalized spacial score (nSPS) is 11.9. The average molecular weight is 313 g/mol. The van der Waals surface area contributed by atoms with Gasteiger partial charge in [-0.3, -0.25) is 0 Å². The molecular weight excluding hydrogens is 303 g/mol. The molecule has 0 aliphatic heterocycles. The highest BCUT2D eigenvalue weighted by molar-refractivity contribution is 6.33. The van der Waals surface area contributed by atoms with E-state index in [9.17, 15) is 10.1 Å². The van der Waals surface area contributed by atoms with Crippen molar-refractivity contribution in [2.24, 2.45) is 0 Å². The summed E-state index contributed by atoms with van der Waals surface area (Å²) in [7, 11) is 0. The standard InChI is InChI=1S/C13H10Cl2N2O3/c1-8(10-7-9(14)4-5-11(10)15)20-12-3-2-6-16-13(12)17(18)19/h2-8H,1H3/t8-/m1/s1. The van der Waals surface area contributed by atoms with Gasteiger partial charge in [0.2, 0.25) is 5.75 Å². The predicted molar refractivity (Wildman–Crippen MR) is 76.4 cm³/mol. The van der Waals surface area contributed by atoms with Crippen molar-refractivity contribution < 1.29 is 9.66 Å². The number of hydrogen-bond acceptors (Lipinski definition) is 4. The molecule has 1 heterocycles. The summed E-state index contributed by atoms with van der Waals surface area (Å²) in [5.74, 6) is -0.251. The molecule has 7 heteroatoms. The zero-order chi connectivity index (χ0) is 14.7. The Morgan fingerprint density at radius 2 is 2.10 bits per heavy atom. The summed E-state index contributed by atoms with van der Waals surface area (Å²) >= 11 is 12.0. The van der Waals surface area contributed by atoms with E-state index < -0.39 is 11.0 Å². The summed E-state index contributed by atoms with van der Waals surface area (Å²) in [6, 6.07) is 8.02. The number of benzene rings is 1. The molecular formula is C13H10Cl2N2O3. The molecule has 1 atom stereocenters. The van der Waals surface area contributed by atoms with E-state index in [0.717, 1.165) is 0 Å². The monoisotopic (exact) mass is 312 g/mol. The fraction of sp³-hybridized carbons (Fsp3) is 0.154. The minimum Gasteiger partial charge on any atom is -0.478 e. The lowest BCUT2D eigenvalue weighted by molar-refractivity contribution is -0.390. The quantitative estimate of drug-likeness (QED) is 0.618. The number of aromatic nitrogens is 1. The summed E-state index contributed by atoms with van der Waals surface area (Å²) in [4.78, 5) is 14.0. The molecule has 0 aliphatic carbocycles. The van der Waals surface area contributed by atoms with Gasteiger partial charge in [0, 0.05) is 15.6 Å². The van der Waals surface area contributed by atoms with Crippen LogP contribution in [0.15, 0.2) is 36.5 Å². The molecule has 104 valence electrons. The zero-order valence-electron chi connectivity index (χ0n) is 10.4. The molecule has 5 nitrogen and oxygen atoms in total. The van der Waals surface area contributed by atoms with Crippen molar-refractivity contribution in [1.29, 1.82) is 0 Å². The third-order valence-electron chi connectivity index (χ3n) is 2.62. The Hall–Kier alpha value is -1.85. The van der Waals surface area contributed by atoms with Gasteiger partial charge in [-0.05, 0) is 47.2 Å². The molecule has 1 aromatic carbocycles.